The first-order valence-electron chi connectivity index (χ1n) is 7.22. The SMILES string of the molecule is O=C(CCc1ccc(Cl)cc1Cl)N1CCOC[C@@H]1c1ncon1. The van der Waals surface area contributed by atoms with Gasteiger partial charge in [0.2, 0.25) is 12.3 Å². The van der Waals surface area contributed by atoms with Crippen LogP contribution in [0.4, 0.5) is 0 Å². The molecule has 6 nitrogen and oxygen atoms in total. The first kappa shape index (κ1) is 16.2. The number of aryl methyl sites for hydroxylation is 1. The van der Waals surface area contributed by atoms with Crippen LogP contribution < -0.4 is 0 Å². The molecular weight excluding hydrogens is 341 g/mol. The third-order valence-electron chi connectivity index (χ3n) is 3.75. The van der Waals surface area contributed by atoms with Gasteiger partial charge in [-0.3, -0.25) is 4.79 Å². The molecule has 3 rings (SSSR count). The van der Waals surface area contributed by atoms with Gasteiger partial charge in [0.1, 0.15) is 6.04 Å². The lowest BCUT2D eigenvalue weighted by atomic mass is 10.1. The summed E-state index contributed by atoms with van der Waals surface area (Å²) in [5, 5.41) is 4.97. The van der Waals surface area contributed by atoms with Gasteiger partial charge in [-0.15, -0.1) is 0 Å². The van der Waals surface area contributed by atoms with Crippen molar-refractivity contribution in [3.63, 3.8) is 0 Å². The quantitative estimate of drug-likeness (QED) is 0.843. The predicted octanol–water partition coefficient (Wildman–Crippen LogP) is 2.91. The summed E-state index contributed by atoms with van der Waals surface area (Å²) >= 11 is 12.0. The van der Waals surface area contributed by atoms with E-state index in [1.54, 1.807) is 17.0 Å². The normalized spacial score (nSPS) is 18.2. The van der Waals surface area contributed by atoms with Gasteiger partial charge in [-0.1, -0.05) is 34.4 Å². The summed E-state index contributed by atoms with van der Waals surface area (Å²) in [7, 11) is 0. The van der Waals surface area contributed by atoms with E-state index in [1.165, 1.54) is 6.39 Å². The van der Waals surface area contributed by atoms with E-state index < -0.39 is 0 Å². The smallest absolute Gasteiger partial charge is 0.223 e. The van der Waals surface area contributed by atoms with Crippen molar-refractivity contribution in [2.45, 2.75) is 18.9 Å². The van der Waals surface area contributed by atoms with Crippen molar-refractivity contribution in [1.82, 2.24) is 15.0 Å². The van der Waals surface area contributed by atoms with Crippen LogP contribution in [-0.4, -0.2) is 40.7 Å². The Labute approximate surface area is 143 Å². The zero-order valence-corrected chi connectivity index (χ0v) is 13.8. The second kappa shape index (κ2) is 7.29. The summed E-state index contributed by atoms with van der Waals surface area (Å²) in [6.07, 6.45) is 2.14. The van der Waals surface area contributed by atoms with Gasteiger partial charge in [0.25, 0.3) is 0 Å². The number of carbonyl (C=O) groups excluding carboxylic acids is 1. The van der Waals surface area contributed by atoms with Crippen LogP contribution in [0.5, 0.6) is 0 Å². The zero-order valence-electron chi connectivity index (χ0n) is 12.2. The molecule has 0 bridgehead atoms. The Hall–Kier alpha value is -1.63. The number of carbonyl (C=O) groups is 1. The third kappa shape index (κ3) is 3.83. The maximum atomic E-state index is 12.6. The van der Waals surface area contributed by atoms with Gasteiger partial charge >= 0.3 is 0 Å². The maximum Gasteiger partial charge on any atom is 0.223 e. The van der Waals surface area contributed by atoms with E-state index in [1.807, 2.05) is 6.07 Å². The fourth-order valence-corrected chi connectivity index (χ4v) is 3.05. The van der Waals surface area contributed by atoms with E-state index >= 15 is 0 Å². The van der Waals surface area contributed by atoms with Crippen LogP contribution in [0.3, 0.4) is 0 Å². The lowest BCUT2D eigenvalue weighted by molar-refractivity contribution is -0.140. The Balaban J connectivity index is 1.66. The molecule has 0 spiro atoms. The van der Waals surface area contributed by atoms with Gasteiger partial charge < -0.3 is 14.2 Å². The second-order valence-electron chi connectivity index (χ2n) is 5.20. The highest BCUT2D eigenvalue weighted by molar-refractivity contribution is 6.35. The number of hydrogen-bond donors (Lipinski definition) is 0. The molecule has 1 saturated heterocycles. The summed E-state index contributed by atoms with van der Waals surface area (Å²) in [4.78, 5) is 18.3. The van der Waals surface area contributed by atoms with E-state index in [0.717, 1.165) is 5.56 Å². The lowest BCUT2D eigenvalue weighted by Gasteiger charge is -2.33. The number of rotatable bonds is 4. The Kier molecular flexibility index (Phi) is 5.15. The summed E-state index contributed by atoms with van der Waals surface area (Å²) in [5.74, 6) is 0.469. The van der Waals surface area contributed by atoms with Gasteiger partial charge in [0.05, 0.1) is 13.2 Å². The molecule has 1 aliphatic rings. The average molecular weight is 356 g/mol. The number of nitrogens with zero attached hydrogens (tertiary/aromatic N) is 3. The minimum Gasteiger partial charge on any atom is -0.377 e. The minimum absolute atomic E-state index is 0.00844. The van der Waals surface area contributed by atoms with E-state index in [0.29, 0.717) is 48.5 Å². The first-order chi connectivity index (χ1) is 11.1. The van der Waals surface area contributed by atoms with Gasteiger partial charge in [0.15, 0.2) is 5.82 Å². The third-order valence-corrected chi connectivity index (χ3v) is 4.34. The van der Waals surface area contributed by atoms with Crippen LogP contribution >= 0.6 is 23.2 Å². The minimum atomic E-state index is -0.310. The lowest BCUT2D eigenvalue weighted by Crippen LogP contribution is -2.43. The highest BCUT2D eigenvalue weighted by Gasteiger charge is 2.31. The summed E-state index contributed by atoms with van der Waals surface area (Å²) in [6.45, 7) is 1.38. The fraction of sp³-hybridized carbons (Fsp3) is 0.400. The summed E-state index contributed by atoms with van der Waals surface area (Å²) in [6, 6.07) is 4.98. The van der Waals surface area contributed by atoms with Crippen molar-refractivity contribution in [2.75, 3.05) is 19.8 Å². The monoisotopic (exact) mass is 355 g/mol. The molecule has 0 saturated carbocycles. The van der Waals surface area contributed by atoms with Gasteiger partial charge in [-0.25, -0.2) is 0 Å². The molecule has 23 heavy (non-hydrogen) atoms. The zero-order chi connectivity index (χ0) is 16.2. The molecule has 0 N–H and O–H groups in total. The molecule has 1 aromatic carbocycles. The van der Waals surface area contributed by atoms with Crippen LogP contribution in [0.25, 0.3) is 0 Å². The molecule has 1 fully saturated rings. The van der Waals surface area contributed by atoms with Gasteiger partial charge in [-0.2, -0.15) is 4.98 Å². The molecule has 0 aliphatic carbocycles. The Morgan fingerprint density at radius 3 is 3.00 bits per heavy atom. The molecule has 8 heteroatoms. The van der Waals surface area contributed by atoms with Crippen LogP contribution in [0.2, 0.25) is 10.0 Å². The van der Waals surface area contributed by atoms with Crippen molar-refractivity contribution in [3.05, 3.63) is 46.0 Å². The molecule has 1 aliphatic heterocycles. The van der Waals surface area contributed by atoms with E-state index in [2.05, 4.69) is 10.1 Å². The maximum absolute atomic E-state index is 12.6. The fourth-order valence-electron chi connectivity index (χ4n) is 2.55. The van der Waals surface area contributed by atoms with Crippen molar-refractivity contribution < 1.29 is 14.1 Å². The Bertz CT molecular complexity index is 679. The second-order valence-corrected chi connectivity index (χ2v) is 6.05. The average Bonchev–Trinajstić information content (AvgIpc) is 3.08. The number of ether oxygens (including phenoxy) is 1. The molecule has 2 heterocycles. The standard InChI is InChI=1S/C15H15Cl2N3O3/c16-11-3-1-10(12(17)7-11)2-4-14(21)20-5-6-22-8-13(20)15-18-9-23-19-15/h1,3,7,9,13H,2,4-6,8H2/t13-/m1/s1. The summed E-state index contributed by atoms with van der Waals surface area (Å²) < 4.78 is 10.2. The van der Waals surface area contributed by atoms with Gasteiger partial charge in [-0.05, 0) is 24.1 Å². The number of morpholine rings is 1. The van der Waals surface area contributed by atoms with Gasteiger partial charge in [0, 0.05) is 23.0 Å². The van der Waals surface area contributed by atoms with Crippen LogP contribution in [-0.2, 0) is 16.0 Å². The number of benzene rings is 1. The van der Waals surface area contributed by atoms with Crippen LogP contribution in [0, 0.1) is 0 Å². The number of halogens is 2. The molecular formula is C15H15Cl2N3O3. The molecule has 0 unspecified atom stereocenters. The molecule has 0 radical (unpaired) electrons. The van der Waals surface area contributed by atoms with Crippen molar-refractivity contribution in [1.29, 1.82) is 0 Å². The van der Waals surface area contributed by atoms with Crippen LogP contribution in [0.1, 0.15) is 23.9 Å². The van der Waals surface area contributed by atoms with Crippen LogP contribution in [0.15, 0.2) is 29.1 Å². The Morgan fingerprint density at radius 2 is 2.26 bits per heavy atom. The van der Waals surface area contributed by atoms with E-state index in [9.17, 15) is 4.79 Å². The molecule has 1 aromatic heterocycles. The van der Waals surface area contributed by atoms with Crippen molar-refractivity contribution >= 4 is 29.1 Å². The molecule has 2 aromatic rings. The van der Waals surface area contributed by atoms with Crippen molar-refractivity contribution in [2.24, 2.45) is 0 Å². The molecule has 1 amide bonds. The number of amides is 1. The molecule has 1 atom stereocenters. The largest absolute Gasteiger partial charge is 0.377 e. The highest BCUT2D eigenvalue weighted by atomic mass is 35.5. The first-order valence-corrected chi connectivity index (χ1v) is 7.98. The van der Waals surface area contributed by atoms with Crippen molar-refractivity contribution in [3.8, 4) is 0 Å². The van der Waals surface area contributed by atoms with E-state index in [4.69, 9.17) is 32.5 Å². The topological polar surface area (TPSA) is 68.5 Å². The number of aromatic nitrogens is 2. The highest BCUT2D eigenvalue weighted by Crippen LogP contribution is 2.25. The number of hydrogen-bond acceptors (Lipinski definition) is 5. The Morgan fingerprint density at radius 1 is 1.39 bits per heavy atom. The predicted molar refractivity (Wildman–Crippen MR) is 84.4 cm³/mol. The summed E-state index contributed by atoms with van der Waals surface area (Å²) in [5.41, 5.74) is 0.897. The van der Waals surface area contributed by atoms with E-state index in [-0.39, 0.29) is 11.9 Å². The molecule has 122 valence electrons.